The Morgan fingerprint density at radius 1 is 1.33 bits per heavy atom. The third-order valence-corrected chi connectivity index (χ3v) is 4.66. The lowest BCUT2D eigenvalue weighted by Gasteiger charge is -2.26. The normalized spacial score (nSPS) is 22.9. The molecule has 98 valence electrons. The summed E-state index contributed by atoms with van der Waals surface area (Å²) in [4.78, 5) is 0. The lowest BCUT2D eigenvalue weighted by Crippen LogP contribution is -2.28. The van der Waals surface area contributed by atoms with E-state index in [2.05, 4.69) is 11.4 Å². The second-order valence-corrected chi connectivity index (χ2v) is 5.73. The Balaban J connectivity index is 2.04. The highest BCUT2D eigenvalue weighted by Crippen LogP contribution is 2.42. The fourth-order valence-corrected chi connectivity index (χ4v) is 3.72. The van der Waals surface area contributed by atoms with Gasteiger partial charge in [0.1, 0.15) is 5.75 Å². The SMILES string of the molecule is COc1c(C2CCCNC2)cc2c(c1Cl)CCC2. The average molecular weight is 266 g/mol. The van der Waals surface area contributed by atoms with Gasteiger partial charge in [-0.15, -0.1) is 0 Å². The Labute approximate surface area is 114 Å². The molecule has 0 radical (unpaired) electrons. The van der Waals surface area contributed by atoms with Crippen molar-refractivity contribution in [3.05, 3.63) is 27.8 Å². The van der Waals surface area contributed by atoms with E-state index in [1.165, 1.54) is 42.4 Å². The third kappa shape index (κ3) is 2.02. The van der Waals surface area contributed by atoms with E-state index in [4.69, 9.17) is 16.3 Å². The van der Waals surface area contributed by atoms with Crippen LogP contribution in [0.15, 0.2) is 6.07 Å². The summed E-state index contributed by atoms with van der Waals surface area (Å²) >= 11 is 6.53. The van der Waals surface area contributed by atoms with E-state index in [0.29, 0.717) is 5.92 Å². The number of ether oxygens (including phenoxy) is 1. The first-order valence-electron chi connectivity index (χ1n) is 6.90. The topological polar surface area (TPSA) is 21.3 Å². The molecule has 2 nitrogen and oxygen atoms in total. The van der Waals surface area contributed by atoms with Crippen LogP contribution < -0.4 is 10.1 Å². The van der Waals surface area contributed by atoms with E-state index in [0.717, 1.165) is 30.3 Å². The maximum Gasteiger partial charge on any atom is 0.141 e. The molecular weight excluding hydrogens is 246 g/mol. The predicted molar refractivity (Wildman–Crippen MR) is 74.9 cm³/mol. The van der Waals surface area contributed by atoms with Crippen LogP contribution in [-0.4, -0.2) is 20.2 Å². The smallest absolute Gasteiger partial charge is 0.141 e. The minimum Gasteiger partial charge on any atom is -0.495 e. The van der Waals surface area contributed by atoms with E-state index >= 15 is 0 Å². The number of halogens is 1. The van der Waals surface area contributed by atoms with Crippen molar-refractivity contribution in [3.8, 4) is 5.75 Å². The minimum atomic E-state index is 0.553. The Hall–Kier alpha value is -0.730. The zero-order valence-corrected chi connectivity index (χ0v) is 11.6. The molecule has 0 aromatic heterocycles. The first kappa shape index (κ1) is 12.3. The van der Waals surface area contributed by atoms with Gasteiger partial charge in [-0.1, -0.05) is 17.7 Å². The van der Waals surface area contributed by atoms with Crippen LogP contribution in [0.1, 0.15) is 41.9 Å². The van der Waals surface area contributed by atoms with Crippen LogP contribution in [0, 0.1) is 0 Å². The van der Waals surface area contributed by atoms with Crippen LogP contribution in [0.2, 0.25) is 5.02 Å². The highest BCUT2D eigenvalue weighted by atomic mass is 35.5. The first-order chi connectivity index (χ1) is 8.81. The fraction of sp³-hybridized carbons (Fsp3) is 0.600. The summed E-state index contributed by atoms with van der Waals surface area (Å²) in [7, 11) is 1.74. The third-order valence-electron chi connectivity index (χ3n) is 4.26. The monoisotopic (exact) mass is 265 g/mol. The summed E-state index contributed by atoms with van der Waals surface area (Å²) in [5, 5.41) is 4.34. The van der Waals surface area contributed by atoms with Gasteiger partial charge in [-0.25, -0.2) is 0 Å². The average Bonchev–Trinajstić information content (AvgIpc) is 2.88. The molecule has 1 saturated heterocycles. The molecule has 1 aliphatic heterocycles. The molecule has 1 aliphatic carbocycles. The second kappa shape index (κ2) is 5.10. The number of fused-ring (bicyclic) bond motifs is 1. The van der Waals surface area contributed by atoms with Crippen molar-refractivity contribution >= 4 is 11.6 Å². The molecule has 1 N–H and O–H groups in total. The van der Waals surface area contributed by atoms with E-state index in [1.54, 1.807) is 7.11 Å². The number of hydrogen-bond acceptors (Lipinski definition) is 2. The largest absolute Gasteiger partial charge is 0.495 e. The molecule has 18 heavy (non-hydrogen) atoms. The van der Waals surface area contributed by atoms with Gasteiger partial charge in [0, 0.05) is 18.0 Å². The van der Waals surface area contributed by atoms with Crippen molar-refractivity contribution in [1.82, 2.24) is 5.32 Å². The van der Waals surface area contributed by atoms with Gasteiger partial charge in [0.05, 0.1) is 12.1 Å². The van der Waals surface area contributed by atoms with Crippen molar-refractivity contribution < 1.29 is 4.74 Å². The quantitative estimate of drug-likeness (QED) is 0.886. The molecule has 1 aromatic rings. The van der Waals surface area contributed by atoms with E-state index < -0.39 is 0 Å². The number of benzene rings is 1. The van der Waals surface area contributed by atoms with E-state index in [1.807, 2.05) is 0 Å². The number of methoxy groups -OCH3 is 1. The molecule has 0 spiro atoms. The summed E-state index contributed by atoms with van der Waals surface area (Å²) in [6, 6.07) is 2.35. The number of nitrogens with one attached hydrogen (secondary N) is 1. The molecule has 1 aromatic carbocycles. The lowest BCUT2D eigenvalue weighted by atomic mass is 9.89. The maximum absolute atomic E-state index is 6.53. The summed E-state index contributed by atoms with van der Waals surface area (Å²) in [6.45, 7) is 2.18. The number of rotatable bonds is 2. The molecule has 1 unspecified atom stereocenters. The van der Waals surface area contributed by atoms with Gasteiger partial charge in [-0.3, -0.25) is 0 Å². The van der Waals surface area contributed by atoms with Crippen LogP contribution >= 0.6 is 11.6 Å². The van der Waals surface area contributed by atoms with Gasteiger partial charge in [-0.2, -0.15) is 0 Å². The molecule has 3 rings (SSSR count). The van der Waals surface area contributed by atoms with Crippen LogP contribution in [0.25, 0.3) is 0 Å². The van der Waals surface area contributed by atoms with E-state index in [9.17, 15) is 0 Å². The predicted octanol–water partition coefficient (Wildman–Crippen LogP) is 3.30. The van der Waals surface area contributed by atoms with Crippen molar-refractivity contribution in [2.24, 2.45) is 0 Å². The number of aryl methyl sites for hydroxylation is 1. The zero-order valence-electron chi connectivity index (χ0n) is 10.9. The van der Waals surface area contributed by atoms with Crippen LogP contribution in [0.5, 0.6) is 5.75 Å². The summed E-state index contributed by atoms with van der Waals surface area (Å²) in [5.41, 5.74) is 4.08. The molecule has 2 aliphatic rings. The van der Waals surface area contributed by atoms with Crippen LogP contribution in [0.4, 0.5) is 0 Å². The van der Waals surface area contributed by atoms with Gasteiger partial charge >= 0.3 is 0 Å². The van der Waals surface area contributed by atoms with Crippen LogP contribution in [-0.2, 0) is 12.8 Å². The molecule has 0 amide bonds. The van der Waals surface area contributed by atoms with Gasteiger partial charge in [-0.05, 0) is 49.8 Å². The summed E-state index contributed by atoms with van der Waals surface area (Å²) in [5.74, 6) is 1.48. The van der Waals surface area contributed by atoms with Gasteiger partial charge in [0.25, 0.3) is 0 Å². The minimum absolute atomic E-state index is 0.553. The number of piperidine rings is 1. The zero-order chi connectivity index (χ0) is 12.5. The highest BCUT2D eigenvalue weighted by Gasteiger charge is 2.25. The Morgan fingerprint density at radius 2 is 2.22 bits per heavy atom. The molecule has 3 heteroatoms. The van der Waals surface area contributed by atoms with Crippen molar-refractivity contribution in [2.45, 2.75) is 38.0 Å². The van der Waals surface area contributed by atoms with Crippen LogP contribution in [0.3, 0.4) is 0 Å². The Kier molecular flexibility index (Phi) is 3.49. The van der Waals surface area contributed by atoms with Crippen molar-refractivity contribution in [1.29, 1.82) is 0 Å². The van der Waals surface area contributed by atoms with Gasteiger partial charge in [0.15, 0.2) is 0 Å². The standard InChI is InChI=1S/C15H20ClNO/c1-18-15-13(11-5-3-7-17-9-11)8-10-4-2-6-12(10)14(15)16/h8,11,17H,2-7,9H2,1H3. The molecule has 1 atom stereocenters. The first-order valence-corrected chi connectivity index (χ1v) is 7.28. The summed E-state index contributed by atoms with van der Waals surface area (Å²) in [6.07, 6.45) is 5.98. The molecule has 0 saturated carbocycles. The highest BCUT2D eigenvalue weighted by molar-refractivity contribution is 6.33. The molecule has 0 bridgehead atoms. The number of hydrogen-bond donors (Lipinski definition) is 1. The maximum atomic E-state index is 6.53. The van der Waals surface area contributed by atoms with Crippen molar-refractivity contribution in [2.75, 3.05) is 20.2 Å². The Morgan fingerprint density at radius 3 is 2.94 bits per heavy atom. The lowest BCUT2D eigenvalue weighted by molar-refractivity contribution is 0.392. The second-order valence-electron chi connectivity index (χ2n) is 5.35. The van der Waals surface area contributed by atoms with Crippen molar-refractivity contribution in [3.63, 3.8) is 0 Å². The molecule has 1 heterocycles. The molecular formula is C15H20ClNO. The summed E-state index contributed by atoms with van der Waals surface area (Å²) < 4.78 is 5.59. The van der Waals surface area contributed by atoms with Gasteiger partial charge in [0.2, 0.25) is 0 Å². The fourth-order valence-electron chi connectivity index (χ4n) is 3.32. The Bertz CT molecular complexity index is 452. The van der Waals surface area contributed by atoms with E-state index in [-0.39, 0.29) is 0 Å². The molecule has 1 fully saturated rings. The van der Waals surface area contributed by atoms with Gasteiger partial charge < -0.3 is 10.1 Å².